The summed E-state index contributed by atoms with van der Waals surface area (Å²) in [4.78, 5) is 27.6. The van der Waals surface area contributed by atoms with Crippen LogP contribution in [0, 0.1) is 0 Å². The van der Waals surface area contributed by atoms with Gasteiger partial charge in [0.25, 0.3) is 0 Å². The number of nitrogens with zero attached hydrogens (tertiary/aromatic N) is 5. The first-order chi connectivity index (χ1) is 9.60. The second kappa shape index (κ2) is 6.69. The van der Waals surface area contributed by atoms with E-state index in [1.54, 1.807) is 16.8 Å². The van der Waals surface area contributed by atoms with E-state index < -0.39 is 0 Å². The quantitative estimate of drug-likeness (QED) is 0.825. The molecule has 1 saturated heterocycles. The Morgan fingerprint density at radius 1 is 1.30 bits per heavy atom. The molecule has 0 spiro atoms. The second-order valence-electron chi connectivity index (χ2n) is 4.63. The Hall–Kier alpha value is -1.63. The molecule has 0 aliphatic carbocycles. The van der Waals surface area contributed by atoms with E-state index in [0.29, 0.717) is 19.1 Å². The number of carbonyl (C=O) groups is 1. The molecule has 1 aromatic heterocycles. The summed E-state index contributed by atoms with van der Waals surface area (Å²) in [6, 6.07) is 0.201. The van der Waals surface area contributed by atoms with Gasteiger partial charge in [-0.15, -0.1) is 0 Å². The molecule has 7 nitrogen and oxygen atoms in total. The van der Waals surface area contributed by atoms with Gasteiger partial charge in [-0.2, -0.15) is 15.0 Å². The van der Waals surface area contributed by atoms with E-state index in [-0.39, 0.29) is 23.7 Å². The summed E-state index contributed by atoms with van der Waals surface area (Å²) < 4.78 is 5.38. The Balaban J connectivity index is 2.18. The zero-order valence-corrected chi connectivity index (χ0v) is 12.4. The Kier molecular flexibility index (Phi) is 4.94. The van der Waals surface area contributed by atoms with Gasteiger partial charge in [0, 0.05) is 20.1 Å². The highest BCUT2D eigenvalue weighted by molar-refractivity contribution is 6.28. The molecule has 1 fully saturated rings. The van der Waals surface area contributed by atoms with Gasteiger partial charge in [-0.25, -0.2) is 0 Å². The molecule has 1 amide bonds. The molecule has 1 aromatic rings. The first-order valence-electron chi connectivity index (χ1n) is 6.63. The minimum atomic E-state index is 0.0371. The molecule has 0 unspecified atom stereocenters. The third-order valence-corrected chi connectivity index (χ3v) is 3.14. The average Bonchev–Trinajstić information content (AvgIpc) is 2.58. The first kappa shape index (κ1) is 14.8. The number of ether oxygens (including phenoxy) is 1. The fraction of sp³-hybridized carbons (Fsp3) is 0.667. The van der Waals surface area contributed by atoms with Crippen molar-refractivity contribution < 1.29 is 9.53 Å². The summed E-state index contributed by atoms with van der Waals surface area (Å²) in [7, 11) is 1.79. The molecule has 2 rings (SSSR count). The number of anilines is 1. The third kappa shape index (κ3) is 3.69. The van der Waals surface area contributed by atoms with Crippen molar-refractivity contribution in [2.75, 3.05) is 38.2 Å². The van der Waals surface area contributed by atoms with Crippen LogP contribution in [0.3, 0.4) is 0 Å². The molecule has 0 saturated carbocycles. The number of halogens is 1. The number of hydrogen-bond donors (Lipinski definition) is 0. The van der Waals surface area contributed by atoms with Crippen molar-refractivity contribution in [3.63, 3.8) is 0 Å². The summed E-state index contributed by atoms with van der Waals surface area (Å²) >= 11 is 5.89. The molecule has 2 heterocycles. The van der Waals surface area contributed by atoms with Gasteiger partial charge in [0.2, 0.25) is 17.1 Å². The normalized spacial score (nSPS) is 16.2. The zero-order chi connectivity index (χ0) is 14.5. The van der Waals surface area contributed by atoms with E-state index in [4.69, 9.17) is 16.3 Å². The fourth-order valence-corrected chi connectivity index (χ4v) is 2.03. The van der Waals surface area contributed by atoms with Crippen LogP contribution < -0.4 is 9.64 Å². The predicted molar refractivity (Wildman–Crippen MR) is 75.1 cm³/mol. The Bertz CT molecular complexity index is 485. The lowest BCUT2D eigenvalue weighted by atomic mass is 10.4. The highest BCUT2D eigenvalue weighted by Crippen LogP contribution is 2.17. The van der Waals surface area contributed by atoms with E-state index in [1.807, 2.05) is 6.92 Å². The van der Waals surface area contributed by atoms with Gasteiger partial charge < -0.3 is 14.5 Å². The highest BCUT2D eigenvalue weighted by Gasteiger charge is 2.22. The highest BCUT2D eigenvalue weighted by atomic mass is 35.5. The summed E-state index contributed by atoms with van der Waals surface area (Å²) in [6.45, 7) is 4.18. The van der Waals surface area contributed by atoms with Crippen LogP contribution in [0.2, 0.25) is 5.28 Å². The Morgan fingerprint density at radius 3 is 2.85 bits per heavy atom. The molecule has 8 heteroatoms. The van der Waals surface area contributed by atoms with Gasteiger partial charge in [-0.05, 0) is 24.4 Å². The van der Waals surface area contributed by atoms with Crippen molar-refractivity contribution in [3.8, 4) is 6.01 Å². The van der Waals surface area contributed by atoms with Crippen molar-refractivity contribution >= 4 is 23.5 Å². The standard InChI is InChI=1S/C12H18ClN5O2/c1-3-7-20-12-15-10(13)14-11(16-12)18-6-4-5-17(2)9(19)8-18/h3-8H2,1-2H3. The van der Waals surface area contributed by atoms with Gasteiger partial charge in [0.05, 0.1) is 13.2 Å². The van der Waals surface area contributed by atoms with Crippen LogP contribution in [-0.2, 0) is 4.79 Å². The molecule has 0 atom stereocenters. The summed E-state index contributed by atoms with van der Waals surface area (Å²) in [5.74, 6) is 0.426. The lowest BCUT2D eigenvalue weighted by Gasteiger charge is -2.19. The molecule has 0 N–H and O–H groups in total. The van der Waals surface area contributed by atoms with Crippen molar-refractivity contribution in [2.45, 2.75) is 19.8 Å². The van der Waals surface area contributed by atoms with E-state index in [0.717, 1.165) is 19.4 Å². The monoisotopic (exact) mass is 299 g/mol. The Labute approximate surface area is 122 Å². The van der Waals surface area contributed by atoms with Crippen LogP contribution >= 0.6 is 11.6 Å². The molecule has 20 heavy (non-hydrogen) atoms. The van der Waals surface area contributed by atoms with Crippen LogP contribution in [0.5, 0.6) is 6.01 Å². The van der Waals surface area contributed by atoms with Gasteiger partial charge >= 0.3 is 6.01 Å². The maximum atomic E-state index is 11.9. The zero-order valence-electron chi connectivity index (χ0n) is 11.7. The fourth-order valence-electron chi connectivity index (χ4n) is 1.88. The Morgan fingerprint density at radius 2 is 2.10 bits per heavy atom. The first-order valence-corrected chi connectivity index (χ1v) is 7.01. The van der Waals surface area contributed by atoms with Crippen molar-refractivity contribution in [1.29, 1.82) is 0 Å². The number of aromatic nitrogens is 3. The van der Waals surface area contributed by atoms with E-state index in [9.17, 15) is 4.79 Å². The summed E-state index contributed by atoms with van der Waals surface area (Å²) in [6.07, 6.45) is 1.71. The molecule has 0 radical (unpaired) electrons. The van der Waals surface area contributed by atoms with Crippen LogP contribution in [0.25, 0.3) is 0 Å². The average molecular weight is 300 g/mol. The molecular weight excluding hydrogens is 282 g/mol. The van der Waals surface area contributed by atoms with Crippen LogP contribution in [-0.4, -0.2) is 59.0 Å². The van der Waals surface area contributed by atoms with Gasteiger partial charge in [-0.1, -0.05) is 6.92 Å². The minimum Gasteiger partial charge on any atom is -0.463 e. The van der Waals surface area contributed by atoms with Crippen LogP contribution in [0.15, 0.2) is 0 Å². The molecule has 1 aliphatic rings. The topological polar surface area (TPSA) is 71.5 Å². The lowest BCUT2D eigenvalue weighted by molar-refractivity contribution is -0.127. The van der Waals surface area contributed by atoms with Crippen LogP contribution in [0.4, 0.5) is 5.95 Å². The van der Waals surface area contributed by atoms with Crippen molar-refractivity contribution in [3.05, 3.63) is 5.28 Å². The molecule has 110 valence electrons. The largest absolute Gasteiger partial charge is 0.463 e. The number of amides is 1. The number of hydrogen-bond acceptors (Lipinski definition) is 6. The van der Waals surface area contributed by atoms with E-state index in [2.05, 4.69) is 15.0 Å². The number of rotatable bonds is 4. The predicted octanol–water partition coefficient (Wildman–Crippen LogP) is 0.982. The molecule has 1 aliphatic heterocycles. The number of likely N-dealkylation sites (N-methyl/N-ethyl adjacent to an activating group) is 1. The maximum Gasteiger partial charge on any atom is 0.322 e. The van der Waals surface area contributed by atoms with E-state index >= 15 is 0 Å². The van der Waals surface area contributed by atoms with Gasteiger partial charge in [0.1, 0.15) is 0 Å². The summed E-state index contributed by atoms with van der Waals surface area (Å²) in [5.41, 5.74) is 0. The van der Waals surface area contributed by atoms with E-state index in [1.165, 1.54) is 0 Å². The van der Waals surface area contributed by atoms with Gasteiger partial charge in [-0.3, -0.25) is 4.79 Å². The molecular formula is C12H18ClN5O2. The second-order valence-corrected chi connectivity index (χ2v) is 4.96. The van der Waals surface area contributed by atoms with Crippen molar-refractivity contribution in [2.24, 2.45) is 0 Å². The molecule has 0 aromatic carbocycles. The van der Waals surface area contributed by atoms with Crippen LogP contribution in [0.1, 0.15) is 19.8 Å². The SMILES string of the molecule is CCCOc1nc(Cl)nc(N2CCCN(C)C(=O)C2)n1. The van der Waals surface area contributed by atoms with Crippen molar-refractivity contribution in [1.82, 2.24) is 19.9 Å². The molecule has 0 bridgehead atoms. The number of carbonyl (C=O) groups excluding carboxylic acids is 1. The van der Waals surface area contributed by atoms with Gasteiger partial charge in [0.15, 0.2) is 0 Å². The third-order valence-electron chi connectivity index (χ3n) is 2.97. The lowest BCUT2D eigenvalue weighted by Crippen LogP contribution is -2.35. The minimum absolute atomic E-state index is 0.0371. The smallest absolute Gasteiger partial charge is 0.322 e. The summed E-state index contributed by atoms with van der Waals surface area (Å²) in [5, 5.41) is 0.0751. The maximum absolute atomic E-state index is 11.9.